The van der Waals surface area contributed by atoms with Gasteiger partial charge in [0.25, 0.3) is 11.5 Å². The predicted molar refractivity (Wildman–Crippen MR) is 156 cm³/mol. The lowest BCUT2D eigenvalue weighted by Gasteiger charge is -2.34. The van der Waals surface area contributed by atoms with Crippen molar-refractivity contribution >= 4 is 39.0 Å². The van der Waals surface area contributed by atoms with E-state index >= 15 is 0 Å². The highest BCUT2D eigenvalue weighted by Gasteiger charge is 2.26. The van der Waals surface area contributed by atoms with Crippen LogP contribution in [-0.2, 0) is 4.79 Å². The van der Waals surface area contributed by atoms with Gasteiger partial charge in [-0.1, -0.05) is 30.3 Å². The molecule has 1 aliphatic heterocycles. The Balaban J connectivity index is 1.32. The number of benzene rings is 3. The Labute approximate surface area is 234 Å². The number of rotatable bonds is 6. The SMILES string of the molecule is CN1CCN(c2ccc(-c3ccc4c(=O)n(C(C(=O)Nc5nccs5)c5cccc(F)c5)cnc4c3)cc2)CC1. The molecule has 0 spiro atoms. The monoisotopic (exact) mass is 554 g/mol. The van der Waals surface area contributed by atoms with E-state index in [0.29, 0.717) is 21.6 Å². The fourth-order valence-corrected chi connectivity index (χ4v) is 5.53. The molecule has 202 valence electrons. The highest BCUT2D eigenvalue weighted by atomic mass is 32.1. The summed E-state index contributed by atoms with van der Waals surface area (Å²) in [4.78, 5) is 40.3. The number of thiazole rings is 1. The van der Waals surface area contributed by atoms with Crippen molar-refractivity contribution in [3.8, 4) is 11.1 Å². The summed E-state index contributed by atoms with van der Waals surface area (Å²) in [6, 6.07) is 18.4. The quantitative estimate of drug-likeness (QED) is 0.329. The van der Waals surface area contributed by atoms with Crippen molar-refractivity contribution in [3.05, 3.63) is 106 Å². The summed E-state index contributed by atoms with van der Waals surface area (Å²) in [5.74, 6) is -1.02. The first-order valence-corrected chi connectivity index (χ1v) is 13.8. The molecule has 0 bridgehead atoms. The molecular formula is C30H27FN6O2S. The van der Waals surface area contributed by atoms with Crippen LogP contribution in [0.2, 0.25) is 0 Å². The summed E-state index contributed by atoms with van der Waals surface area (Å²) in [5, 5.41) is 5.21. The van der Waals surface area contributed by atoms with Gasteiger partial charge in [0.05, 0.1) is 17.2 Å². The number of nitrogens with one attached hydrogen (secondary N) is 1. The van der Waals surface area contributed by atoms with Crippen LogP contribution in [0.5, 0.6) is 0 Å². The van der Waals surface area contributed by atoms with E-state index in [2.05, 4.69) is 56.4 Å². The molecule has 0 aliphatic carbocycles. The zero-order chi connectivity index (χ0) is 27.6. The second-order valence-electron chi connectivity index (χ2n) is 9.81. The molecule has 3 heterocycles. The first-order chi connectivity index (χ1) is 19.5. The van der Waals surface area contributed by atoms with Crippen LogP contribution in [0.4, 0.5) is 15.2 Å². The van der Waals surface area contributed by atoms with Gasteiger partial charge in [0, 0.05) is 43.4 Å². The molecule has 1 unspecified atom stereocenters. The standard InChI is InChI=1S/C30H27FN6O2S/c1-35-12-14-36(15-13-35)24-8-5-20(6-9-24)21-7-10-25-26(18-21)33-19-37(29(25)39)27(22-3-2-4-23(31)17-22)28(38)34-30-32-11-16-40-30/h2-11,16-19,27H,12-15H2,1H3,(H,32,34,38). The molecule has 1 amide bonds. The summed E-state index contributed by atoms with van der Waals surface area (Å²) < 4.78 is 15.4. The number of likely N-dealkylation sites (N-methyl/N-ethyl adjacent to an activating group) is 1. The molecule has 3 aromatic carbocycles. The number of hydrogen-bond donors (Lipinski definition) is 1. The molecule has 5 aromatic rings. The molecule has 40 heavy (non-hydrogen) atoms. The van der Waals surface area contributed by atoms with E-state index in [1.165, 1.54) is 46.1 Å². The van der Waals surface area contributed by atoms with Crippen LogP contribution in [0.25, 0.3) is 22.0 Å². The minimum atomic E-state index is -1.13. The van der Waals surface area contributed by atoms with Crippen LogP contribution < -0.4 is 15.8 Å². The summed E-state index contributed by atoms with van der Waals surface area (Å²) in [6.45, 7) is 4.09. The number of piperazine rings is 1. The minimum Gasteiger partial charge on any atom is -0.369 e. The summed E-state index contributed by atoms with van der Waals surface area (Å²) >= 11 is 1.25. The number of aromatic nitrogens is 3. The molecule has 8 nitrogen and oxygen atoms in total. The van der Waals surface area contributed by atoms with E-state index < -0.39 is 23.3 Å². The topological polar surface area (TPSA) is 83.4 Å². The molecule has 1 aliphatic rings. The number of fused-ring (bicyclic) bond motifs is 1. The van der Waals surface area contributed by atoms with Gasteiger partial charge in [0.2, 0.25) is 0 Å². The van der Waals surface area contributed by atoms with E-state index in [0.717, 1.165) is 37.3 Å². The zero-order valence-electron chi connectivity index (χ0n) is 21.8. The molecule has 0 radical (unpaired) electrons. The normalized spacial score (nSPS) is 14.8. The second kappa shape index (κ2) is 11.0. The largest absolute Gasteiger partial charge is 0.369 e. The number of amides is 1. The highest BCUT2D eigenvalue weighted by Crippen LogP contribution is 2.27. The lowest BCUT2D eigenvalue weighted by Crippen LogP contribution is -2.44. The van der Waals surface area contributed by atoms with E-state index in [1.807, 2.05) is 12.1 Å². The molecule has 1 saturated heterocycles. The third-order valence-electron chi connectivity index (χ3n) is 7.21. The van der Waals surface area contributed by atoms with Crippen LogP contribution in [0, 0.1) is 5.82 Å². The summed E-state index contributed by atoms with van der Waals surface area (Å²) in [7, 11) is 2.14. The number of nitrogens with zero attached hydrogens (tertiary/aromatic N) is 5. The zero-order valence-corrected chi connectivity index (χ0v) is 22.6. The Morgan fingerprint density at radius 2 is 1.75 bits per heavy atom. The van der Waals surface area contributed by atoms with Crippen LogP contribution in [-0.4, -0.2) is 58.6 Å². The Bertz CT molecular complexity index is 1710. The number of anilines is 2. The third-order valence-corrected chi connectivity index (χ3v) is 7.89. The molecule has 1 fully saturated rings. The van der Waals surface area contributed by atoms with Crippen molar-refractivity contribution in [1.29, 1.82) is 0 Å². The van der Waals surface area contributed by atoms with Gasteiger partial charge in [-0.05, 0) is 60.1 Å². The lowest BCUT2D eigenvalue weighted by molar-refractivity contribution is -0.118. The predicted octanol–water partition coefficient (Wildman–Crippen LogP) is 4.64. The molecular weight excluding hydrogens is 527 g/mol. The Morgan fingerprint density at radius 1 is 0.975 bits per heavy atom. The van der Waals surface area contributed by atoms with Crippen molar-refractivity contribution in [1.82, 2.24) is 19.4 Å². The average molecular weight is 555 g/mol. The van der Waals surface area contributed by atoms with Gasteiger partial charge in [-0.25, -0.2) is 14.4 Å². The smallest absolute Gasteiger partial charge is 0.262 e. The van der Waals surface area contributed by atoms with Crippen molar-refractivity contribution in [2.75, 3.05) is 43.4 Å². The van der Waals surface area contributed by atoms with E-state index in [4.69, 9.17) is 0 Å². The van der Waals surface area contributed by atoms with Gasteiger partial charge < -0.3 is 9.80 Å². The molecule has 2 aromatic heterocycles. The fraction of sp³-hybridized carbons (Fsp3) is 0.200. The van der Waals surface area contributed by atoms with E-state index in [9.17, 15) is 14.0 Å². The van der Waals surface area contributed by atoms with Crippen molar-refractivity contribution in [3.63, 3.8) is 0 Å². The summed E-state index contributed by atoms with van der Waals surface area (Å²) in [5.41, 5.74) is 3.59. The maximum absolute atomic E-state index is 14.1. The number of halogens is 1. The highest BCUT2D eigenvalue weighted by molar-refractivity contribution is 7.13. The van der Waals surface area contributed by atoms with Gasteiger partial charge in [0.15, 0.2) is 5.13 Å². The van der Waals surface area contributed by atoms with Gasteiger partial charge >= 0.3 is 0 Å². The van der Waals surface area contributed by atoms with Crippen LogP contribution in [0.1, 0.15) is 11.6 Å². The Kier molecular flexibility index (Phi) is 7.10. The van der Waals surface area contributed by atoms with E-state index in [1.54, 1.807) is 23.7 Å². The fourth-order valence-electron chi connectivity index (χ4n) is 5.00. The Morgan fingerprint density at radius 3 is 2.48 bits per heavy atom. The molecule has 10 heteroatoms. The van der Waals surface area contributed by atoms with Crippen LogP contribution >= 0.6 is 11.3 Å². The maximum atomic E-state index is 14.1. The number of carbonyl (C=O) groups excluding carboxylic acids is 1. The third kappa shape index (κ3) is 5.23. The van der Waals surface area contributed by atoms with Crippen LogP contribution in [0.3, 0.4) is 0 Å². The van der Waals surface area contributed by atoms with Gasteiger partial charge in [0.1, 0.15) is 11.9 Å². The number of carbonyl (C=O) groups is 1. The van der Waals surface area contributed by atoms with Gasteiger partial charge in [-0.2, -0.15) is 0 Å². The van der Waals surface area contributed by atoms with E-state index in [-0.39, 0.29) is 0 Å². The van der Waals surface area contributed by atoms with Crippen molar-refractivity contribution in [2.24, 2.45) is 0 Å². The van der Waals surface area contributed by atoms with Gasteiger partial charge in [-0.3, -0.25) is 19.5 Å². The second-order valence-corrected chi connectivity index (χ2v) is 10.7. The lowest BCUT2D eigenvalue weighted by atomic mass is 10.0. The van der Waals surface area contributed by atoms with Gasteiger partial charge in [-0.15, -0.1) is 11.3 Å². The van der Waals surface area contributed by atoms with Crippen molar-refractivity contribution < 1.29 is 9.18 Å². The minimum absolute atomic E-state index is 0.328. The average Bonchev–Trinajstić information content (AvgIpc) is 3.48. The first kappa shape index (κ1) is 25.8. The molecule has 0 saturated carbocycles. The summed E-state index contributed by atoms with van der Waals surface area (Å²) in [6.07, 6.45) is 2.92. The van der Waals surface area contributed by atoms with Crippen LogP contribution in [0.15, 0.2) is 89.4 Å². The molecule has 1 N–H and O–H groups in total. The molecule has 6 rings (SSSR count). The Hall–Kier alpha value is -4.41. The molecule has 1 atom stereocenters. The first-order valence-electron chi connectivity index (χ1n) is 13.0. The number of hydrogen-bond acceptors (Lipinski definition) is 7. The van der Waals surface area contributed by atoms with Crippen molar-refractivity contribution in [2.45, 2.75) is 6.04 Å². The maximum Gasteiger partial charge on any atom is 0.262 e.